The Hall–Kier alpha value is -0.0400. The Labute approximate surface area is 75.7 Å². The van der Waals surface area contributed by atoms with Crippen LogP contribution in [0.15, 0.2) is 0 Å². The van der Waals surface area contributed by atoms with Gasteiger partial charge < -0.3 is 5.73 Å². The zero-order valence-corrected chi connectivity index (χ0v) is 7.97. The van der Waals surface area contributed by atoms with E-state index in [1.54, 1.807) is 0 Å². The van der Waals surface area contributed by atoms with Gasteiger partial charge in [0, 0.05) is 6.04 Å². The van der Waals surface area contributed by atoms with Crippen molar-refractivity contribution in [3.63, 3.8) is 0 Å². The van der Waals surface area contributed by atoms with Crippen LogP contribution in [0.25, 0.3) is 0 Å². The standard InChI is InChI=1S/C11H21N/c12-11(10-6-7-10)8-9-4-2-1-3-5-9/h9-11H,1-8,12H2. The SMILES string of the molecule is NC(CC1CCCCC1)C1CC1. The van der Waals surface area contributed by atoms with E-state index in [4.69, 9.17) is 5.73 Å². The molecule has 0 spiro atoms. The van der Waals surface area contributed by atoms with E-state index >= 15 is 0 Å². The number of hydrogen-bond acceptors (Lipinski definition) is 1. The molecule has 2 N–H and O–H groups in total. The van der Waals surface area contributed by atoms with Gasteiger partial charge in [-0.2, -0.15) is 0 Å². The average Bonchev–Trinajstić information content (AvgIpc) is 2.88. The molecule has 2 fully saturated rings. The molecule has 2 aliphatic rings. The normalized spacial score (nSPS) is 28.8. The van der Waals surface area contributed by atoms with Crippen molar-refractivity contribution in [3.8, 4) is 0 Å². The van der Waals surface area contributed by atoms with E-state index in [9.17, 15) is 0 Å². The fraction of sp³-hybridized carbons (Fsp3) is 1.00. The summed E-state index contributed by atoms with van der Waals surface area (Å²) in [6, 6.07) is 0.549. The van der Waals surface area contributed by atoms with Crippen molar-refractivity contribution < 1.29 is 0 Å². The van der Waals surface area contributed by atoms with Crippen molar-refractivity contribution in [3.05, 3.63) is 0 Å². The summed E-state index contributed by atoms with van der Waals surface area (Å²) in [5.74, 6) is 1.89. The van der Waals surface area contributed by atoms with Gasteiger partial charge in [0.15, 0.2) is 0 Å². The van der Waals surface area contributed by atoms with E-state index in [1.165, 1.54) is 51.4 Å². The predicted octanol–water partition coefficient (Wildman–Crippen LogP) is 2.69. The topological polar surface area (TPSA) is 26.0 Å². The van der Waals surface area contributed by atoms with Crippen LogP contribution in [0.3, 0.4) is 0 Å². The third-order valence-electron chi connectivity index (χ3n) is 3.56. The van der Waals surface area contributed by atoms with Crippen LogP contribution in [-0.4, -0.2) is 6.04 Å². The first-order valence-corrected chi connectivity index (χ1v) is 5.62. The molecule has 0 heterocycles. The number of hydrogen-bond donors (Lipinski definition) is 1. The second kappa shape index (κ2) is 3.78. The van der Waals surface area contributed by atoms with Gasteiger partial charge in [0.2, 0.25) is 0 Å². The second-order valence-electron chi connectivity index (χ2n) is 4.74. The van der Waals surface area contributed by atoms with Crippen molar-refractivity contribution >= 4 is 0 Å². The highest BCUT2D eigenvalue weighted by atomic mass is 14.7. The Morgan fingerprint density at radius 1 is 1.00 bits per heavy atom. The predicted molar refractivity (Wildman–Crippen MR) is 51.9 cm³/mol. The van der Waals surface area contributed by atoms with Gasteiger partial charge in [-0.25, -0.2) is 0 Å². The maximum absolute atomic E-state index is 6.11. The lowest BCUT2D eigenvalue weighted by Crippen LogP contribution is -2.26. The summed E-state index contributed by atoms with van der Waals surface area (Å²) in [7, 11) is 0. The third kappa shape index (κ3) is 2.22. The minimum atomic E-state index is 0.549. The third-order valence-corrected chi connectivity index (χ3v) is 3.56. The quantitative estimate of drug-likeness (QED) is 0.687. The van der Waals surface area contributed by atoms with E-state index in [-0.39, 0.29) is 0 Å². The van der Waals surface area contributed by atoms with Crippen LogP contribution in [0.5, 0.6) is 0 Å². The van der Waals surface area contributed by atoms with Crippen molar-refractivity contribution in [1.82, 2.24) is 0 Å². The molecule has 2 rings (SSSR count). The highest BCUT2D eigenvalue weighted by molar-refractivity contribution is 4.85. The monoisotopic (exact) mass is 167 g/mol. The molecule has 1 nitrogen and oxygen atoms in total. The van der Waals surface area contributed by atoms with Gasteiger partial charge in [-0.3, -0.25) is 0 Å². The summed E-state index contributed by atoms with van der Waals surface area (Å²) in [5.41, 5.74) is 6.11. The molecule has 0 radical (unpaired) electrons. The van der Waals surface area contributed by atoms with E-state index in [1.807, 2.05) is 0 Å². The minimum Gasteiger partial charge on any atom is -0.327 e. The first-order valence-electron chi connectivity index (χ1n) is 5.62. The van der Waals surface area contributed by atoms with Crippen molar-refractivity contribution in [2.75, 3.05) is 0 Å². The van der Waals surface area contributed by atoms with Crippen LogP contribution < -0.4 is 5.73 Å². The Kier molecular flexibility index (Phi) is 2.69. The molecule has 70 valence electrons. The Bertz CT molecular complexity index is 134. The van der Waals surface area contributed by atoms with Gasteiger partial charge in [-0.1, -0.05) is 32.1 Å². The van der Waals surface area contributed by atoms with Gasteiger partial charge in [0.1, 0.15) is 0 Å². The lowest BCUT2D eigenvalue weighted by molar-refractivity contribution is 0.308. The largest absolute Gasteiger partial charge is 0.327 e. The molecule has 0 aromatic heterocycles. The second-order valence-corrected chi connectivity index (χ2v) is 4.74. The molecule has 0 saturated heterocycles. The Morgan fingerprint density at radius 3 is 2.25 bits per heavy atom. The fourth-order valence-corrected chi connectivity index (χ4v) is 2.52. The molecule has 12 heavy (non-hydrogen) atoms. The van der Waals surface area contributed by atoms with Crippen LogP contribution in [0.2, 0.25) is 0 Å². The Morgan fingerprint density at radius 2 is 1.67 bits per heavy atom. The van der Waals surface area contributed by atoms with Crippen molar-refractivity contribution in [2.24, 2.45) is 17.6 Å². The highest BCUT2D eigenvalue weighted by Crippen LogP contribution is 2.36. The van der Waals surface area contributed by atoms with E-state index in [0.717, 1.165) is 11.8 Å². The summed E-state index contributed by atoms with van der Waals surface area (Å²) in [6.45, 7) is 0. The molecular formula is C11H21N. The van der Waals surface area contributed by atoms with Crippen LogP contribution in [-0.2, 0) is 0 Å². The average molecular weight is 167 g/mol. The van der Waals surface area contributed by atoms with Gasteiger partial charge in [-0.15, -0.1) is 0 Å². The maximum atomic E-state index is 6.11. The molecule has 2 aliphatic carbocycles. The maximum Gasteiger partial charge on any atom is 0.00698 e. The molecule has 0 aromatic carbocycles. The van der Waals surface area contributed by atoms with Crippen molar-refractivity contribution in [1.29, 1.82) is 0 Å². The summed E-state index contributed by atoms with van der Waals surface area (Å²) in [5, 5.41) is 0. The molecule has 1 unspecified atom stereocenters. The van der Waals surface area contributed by atoms with Crippen LogP contribution in [0.1, 0.15) is 51.4 Å². The number of rotatable bonds is 3. The highest BCUT2D eigenvalue weighted by Gasteiger charge is 2.30. The summed E-state index contributed by atoms with van der Waals surface area (Å²) >= 11 is 0. The first-order chi connectivity index (χ1) is 5.86. The summed E-state index contributed by atoms with van der Waals surface area (Å²) in [4.78, 5) is 0. The molecule has 1 atom stereocenters. The van der Waals surface area contributed by atoms with Gasteiger partial charge >= 0.3 is 0 Å². The van der Waals surface area contributed by atoms with Crippen LogP contribution >= 0.6 is 0 Å². The van der Waals surface area contributed by atoms with Crippen LogP contribution in [0, 0.1) is 11.8 Å². The molecule has 1 heteroatoms. The fourth-order valence-electron chi connectivity index (χ4n) is 2.52. The zero-order valence-electron chi connectivity index (χ0n) is 7.97. The van der Waals surface area contributed by atoms with Crippen molar-refractivity contribution in [2.45, 2.75) is 57.4 Å². The lowest BCUT2D eigenvalue weighted by Gasteiger charge is -2.24. The van der Waals surface area contributed by atoms with Crippen LogP contribution in [0.4, 0.5) is 0 Å². The van der Waals surface area contributed by atoms with E-state index in [0.29, 0.717) is 6.04 Å². The number of nitrogens with two attached hydrogens (primary N) is 1. The first kappa shape index (κ1) is 8.55. The summed E-state index contributed by atoms with van der Waals surface area (Å²) < 4.78 is 0. The summed E-state index contributed by atoms with van der Waals surface area (Å²) in [6.07, 6.45) is 11.5. The van der Waals surface area contributed by atoms with E-state index in [2.05, 4.69) is 0 Å². The molecule has 2 saturated carbocycles. The van der Waals surface area contributed by atoms with Gasteiger partial charge in [0.25, 0.3) is 0 Å². The van der Waals surface area contributed by atoms with E-state index < -0.39 is 0 Å². The zero-order chi connectivity index (χ0) is 8.39. The Balaban J connectivity index is 1.69. The van der Waals surface area contributed by atoms with Gasteiger partial charge in [-0.05, 0) is 31.1 Å². The minimum absolute atomic E-state index is 0.549. The molecule has 0 aliphatic heterocycles. The van der Waals surface area contributed by atoms with Gasteiger partial charge in [0.05, 0.1) is 0 Å². The molecular weight excluding hydrogens is 146 g/mol. The smallest absolute Gasteiger partial charge is 0.00698 e. The lowest BCUT2D eigenvalue weighted by atomic mass is 9.84. The molecule has 0 bridgehead atoms. The molecule has 0 amide bonds. The molecule has 0 aromatic rings.